The highest BCUT2D eigenvalue weighted by Gasteiger charge is 2.31. The van der Waals surface area contributed by atoms with Gasteiger partial charge in [0.25, 0.3) is 11.8 Å². The summed E-state index contributed by atoms with van der Waals surface area (Å²) in [5.41, 5.74) is 6.39. The number of aromatic nitrogens is 2. The van der Waals surface area contributed by atoms with Gasteiger partial charge in [-0.3, -0.25) is 25.1 Å². The van der Waals surface area contributed by atoms with Crippen molar-refractivity contribution in [1.82, 2.24) is 24.9 Å². The number of nitrogens with zero attached hydrogens (tertiary/aromatic N) is 3. The standard InChI is InChI=1S/C21H29N5O4S/c1-14-6-10-16(11-7-14)31(29,30)25(5)13-19(27)22-23-20(28)18-12-17(15-8-9-15)24-26(18)21(2,3)4/h6-7,10-12,15H,8-9,13H2,1-5H3,(H,22,27)(H,23,28). The molecule has 1 aliphatic rings. The van der Waals surface area contributed by atoms with E-state index < -0.39 is 33.9 Å². The number of rotatable bonds is 6. The Morgan fingerprint density at radius 3 is 2.32 bits per heavy atom. The molecule has 1 aromatic heterocycles. The molecule has 1 aromatic carbocycles. The molecule has 1 saturated carbocycles. The summed E-state index contributed by atoms with van der Waals surface area (Å²) in [4.78, 5) is 25.1. The first kappa shape index (κ1) is 23.0. The molecule has 2 amide bonds. The number of nitrogens with one attached hydrogen (secondary N) is 2. The molecule has 0 bridgehead atoms. The Bertz CT molecular complexity index is 1080. The van der Waals surface area contributed by atoms with Crippen molar-refractivity contribution in [3.63, 3.8) is 0 Å². The zero-order valence-corrected chi connectivity index (χ0v) is 19.3. The lowest BCUT2D eigenvalue weighted by Gasteiger charge is -2.22. The highest BCUT2D eigenvalue weighted by Crippen LogP contribution is 2.40. The minimum absolute atomic E-state index is 0.0964. The maximum atomic E-state index is 12.7. The third-order valence-corrected chi connectivity index (χ3v) is 6.82. The summed E-state index contributed by atoms with van der Waals surface area (Å²) in [7, 11) is -2.51. The van der Waals surface area contributed by atoms with Crippen molar-refractivity contribution in [2.75, 3.05) is 13.6 Å². The second-order valence-electron chi connectivity index (χ2n) is 8.89. The molecule has 3 rings (SSSR count). The van der Waals surface area contributed by atoms with Crippen LogP contribution in [0.5, 0.6) is 0 Å². The normalized spacial score (nSPS) is 14.5. The van der Waals surface area contributed by atoms with Crippen LogP contribution in [-0.4, -0.2) is 47.9 Å². The van der Waals surface area contributed by atoms with Gasteiger partial charge in [0.15, 0.2) is 0 Å². The van der Waals surface area contributed by atoms with Crippen molar-refractivity contribution in [3.8, 4) is 0 Å². The lowest BCUT2D eigenvalue weighted by atomic mass is 10.1. The molecule has 0 atom stereocenters. The molecule has 0 saturated heterocycles. The van der Waals surface area contributed by atoms with Crippen molar-refractivity contribution in [1.29, 1.82) is 0 Å². The molecule has 0 unspecified atom stereocenters. The van der Waals surface area contributed by atoms with E-state index in [0.717, 1.165) is 28.4 Å². The van der Waals surface area contributed by atoms with Crippen LogP contribution in [0.3, 0.4) is 0 Å². The van der Waals surface area contributed by atoms with Crippen LogP contribution in [0, 0.1) is 6.92 Å². The van der Waals surface area contributed by atoms with Crippen LogP contribution < -0.4 is 10.9 Å². The van der Waals surface area contributed by atoms with Crippen LogP contribution >= 0.6 is 0 Å². The summed E-state index contributed by atoms with van der Waals surface area (Å²) >= 11 is 0. The van der Waals surface area contributed by atoms with Crippen LogP contribution in [-0.2, 0) is 20.4 Å². The van der Waals surface area contributed by atoms with Gasteiger partial charge in [-0.05, 0) is 58.7 Å². The smallest absolute Gasteiger partial charge is 0.272 e. The predicted molar refractivity (Wildman–Crippen MR) is 116 cm³/mol. The Morgan fingerprint density at radius 1 is 1.16 bits per heavy atom. The van der Waals surface area contributed by atoms with Crippen molar-refractivity contribution >= 4 is 21.8 Å². The molecule has 2 aromatic rings. The van der Waals surface area contributed by atoms with E-state index in [9.17, 15) is 18.0 Å². The van der Waals surface area contributed by atoms with E-state index in [1.807, 2.05) is 27.7 Å². The summed E-state index contributed by atoms with van der Waals surface area (Å²) < 4.78 is 27.8. The Hall–Kier alpha value is -2.72. The Kier molecular flexibility index (Phi) is 6.24. The van der Waals surface area contributed by atoms with Gasteiger partial charge >= 0.3 is 0 Å². The van der Waals surface area contributed by atoms with Gasteiger partial charge in [-0.25, -0.2) is 8.42 Å². The zero-order valence-electron chi connectivity index (χ0n) is 18.5. The van der Waals surface area contributed by atoms with Gasteiger partial charge in [-0.2, -0.15) is 9.40 Å². The molecule has 0 aliphatic heterocycles. The fraction of sp³-hybridized carbons (Fsp3) is 0.476. The van der Waals surface area contributed by atoms with Crippen molar-refractivity contribution in [3.05, 3.63) is 47.3 Å². The molecule has 0 radical (unpaired) electrons. The largest absolute Gasteiger partial charge is 0.287 e. The van der Waals surface area contributed by atoms with Gasteiger partial charge in [0.1, 0.15) is 5.69 Å². The van der Waals surface area contributed by atoms with E-state index in [0.29, 0.717) is 11.6 Å². The van der Waals surface area contributed by atoms with E-state index >= 15 is 0 Å². The van der Waals surface area contributed by atoms with E-state index in [2.05, 4.69) is 16.0 Å². The van der Waals surface area contributed by atoms with Crippen LogP contribution in [0.1, 0.15) is 61.3 Å². The number of amides is 2. The number of likely N-dealkylation sites (N-methyl/N-ethyl adjacent to an activating group) is 1. The highest BCUT2D eigenvalue weighted by atomic mass is 32.2. The monoisotopic (exact) mass is 447 g/mol. The number of hydrogen-bond acceptors (Lipinski definition) is 5. The lowest BCUT2D eigenvalue weighted by Crippen LogP contribution is -2.47. The third kappa shape index (κ3) is 5.31. The predicted octanol–water partition coefficient (Wildman–Crippen LogP) is 1.91. The minimum Gasteiger partial charge on any atom is -0.272 e. The number of carbonyl (C=O) groups excluding carboxylic acids is 2. The van der Waals surface area contributed by atoms with Gasteiger partial charge in [0, 0.05) is 13.0 Å². The number of hydrogen-bond donors (Lipinski definition) is 2. The van der Waals surface area contributed by atoms with Crippen LogP contribution in [0.15, 0.2) is 35.2 Å². The van der Waals surface area contributed by atoms with E-state index in [4.69, 9.17) is 0 Å². The molecular formula is C21H29N5O4S. The first-order valence-electron chi connectivity index (χ1n) is 10.1. The van der Waals surface area contributed by atoms with Gasteiger partial charge in [-0.1, -0.05) is 17.7 Å². The first-order valence-corrected chi connectivity index (χ1v) is 11.6. The molecule has 9 nitrogen and oxygen atoms in total. The second-order valence-corrected chi connectivity index (χ2v) is 10.9. The SMILES string of the molecule is Cc1ccc(S(=O)(=O)N(C)CC(=O)NNC(=O)c2cc(C3CC3)nn2C(C)(C)C)cc1. The number of benzene rings is 1. The third-order valence-electron chi connectivity index (χ3n) is 5.00. The highest BCUT2D eigenvalue weighted by molar-refractivity contribution is 7.89. The summed E-state index contributed by atoms with van der Waals surface area (Å²) in [6, 6.07) is 8.11. The number of sulfonamides is 1. The van der Waals surface area contributed by atoms with Gasteiger partial charge in [-0.15, -0.1) is 0 Å². The number of aryl methyl sites for hydroxylation is 1. The van der Waals surface area contributed by atoms with Crippen molar-refractivity contribution in [2.45, 2.75) is 56.9 Å². The van der Waals surface area contributed by atoms with Crippen molar-refractivity contribution < 1.29 is 18.0 Å². The molecule has 1 fully saturated rings. The van der Waals surface area contributed by atoms with Crippen LogP contribution in [0.2, 0.25) is 0 Å². The quantitative estimate of drug-likeness (QED) is 0.657. The van der Waals surface area contributed by atoms with Gasteiger partial charge < -0.3 is 0 Å². The summed E-state index contributed by atoms with van der Waals surface area (Å²) in [5.74, 6) is -0.784. The Morgan fingerprint density at radius 2 is 1.77 bits per heavy atom. The first-order chi connectivity index (χ1) is 14.4. The topological polar surface area (TPSA) is 113 Å². The van der Waals surface area contributed by atoms with E-state index in [1.54, 1.807) is 22.9 Å². The summed E-state index contributed by atoms with van der Waals surface area (Å²) in [6.45, 7) is 7.24. The molecule has 2 N–H and O–H groups in total. The van der Waals surface area contributed by atoms with Crippen molar-refractivity contribution in [2.24, 2.45) is 0 Å². The van der Waals surface area contributed by atoms with Gasteiger partial charge in [0.05, 0.1) is 22.7 Å². The summed E-state index contributed by atoms with van der Waals surface area (Å²) in [6.07, 6.45) is 2.11. The molecule has 31 heavy (non-hydrogen) atoms. The van der Waals surface area contributed by atoms with E-state index in [-0.39, 0.29) is 4.90 Å². The van der Waals surface area contributed by atoms with Crippen LogP contribution in [0.25, 0.3) is 0 Å². The second kappa shape index (κ2) is 8.43. The molecule has 10 heteroatoms. The molecule has 0 spiro atoms. The zero-order chi connectivity index (χ0) is 23.0. The number of carbonyl (C=O) groups is 2. The average molecular weight is 448 g/mol. The van der Waals surface area contributed by atoms with Gasteiger partial charge in [0.2, 0.25) is 10.0 Å². The Balaban J connectivity index is 1.63. The molecular weight excluding hydrogens is 418 g/mol. The fourth-order valence-corrected chi connectivity index (χ4v) is 4.19. The molecule has 1 aliphatic carbocycles. The molecule has 168 valence electrons. The Labute approximate surface area is 182 Å². The average Bonchev–Trinajstić information content (AvgIpc) is 3.43. The lowest BCUT2D eigenvalue weighted by molar-refractivity contribution is -0.121. The van der Waals surface area contributed by atoms with Crippen LogP contribution in [0.4, 0.5) is 0 Å². The number of hydrazine groups is 1. The minimum atomic E-state index is -3.82. The van der Waals surface area contributed by atoms with E-state index in [1.165, 1.54) is 19.2 Å². The molecule has 1 heterocycles. The maximum absolute atomic E-state index is 12.7. The maximum Gasteiger partial charge on any atom is 0.287 e. The summed E-state index contributed by atoms with van der Waals surface area (Å²) in [5, 5.41) is 4.57. The fourth-order valence-electron chi connectivity index (χ4n) is 3.06.